The number of methoxy groups -OCH3 is 2. The van der Waals surface area contributed by atoms with Gasteiger partial charge in [0.1, 0.15) is 18.2 Å². The van der Waals surface area contributed by atoms with Gasteiger partial charge >= 0.3 is 5.97 Å². The Morgan fingerprint density at radius 2 is 1.79 bits per heavy atom. The average Bonchev–Trinajstić information content (AvgIpc) is 3.57. The zero-order valence-electron chi connectivity index (χ0n) is 24.4. The molecule has 4 rings (SSSR count). The molecule has 0 spiro atoms. The van der Waals surface area contributed by atoms with E-state index < -0.39 is 5.97 Å². The van der Waals surface area contributed by atoms with Gasteiger partial charge in [-0.25, -0.2) is 9.18 Å². The number of benzene rings is 2. The van der Waals surface area contributed by atoms with E-state index in [4.69, 9.17) is 23.4 Å². The third kappa shape index (κ3) is 7.38. The van der Waals surface area contributed by atoms with Crippen molar-refractivity contribution >= 4 is 29.1 Å². The van der Waals surface area contributed by atoms with Crippen LogP contribution in [0.1, 0.15) is 35.8 Å². The predicted octanol–water partition coefficient (Wildman–Crippen LogP) is 4.95. The van der Waals surface area contributed by atoms with Crippen molar-refractivity contribution in [3.63, 3.8) is 0 Å². The molecule has 1 heterocycles. The van der Waals surface area contributed by atoms with Crippen LogP contribution in [0.5, 0.6) is 17.2 Å². The molecule has 2 aromatic carbocycles. The summed E-state index contributed by atoms with van der Waals surface area (Å²) in [6.45, 7) is 2.71. The molecule has 1 aliphatic rings. The molecule has 0 aliphatic heterocycles. The Hall–Kier alpha value is -4.57. The van der Waals surface area contributed by atoms with Gasteiger partial charge in [0.15, 0.2) is 18.1 Å². The lowest BCUT2D eigenvalue weighted by Gasteiger charge is -2.16. The van der Waals surface area contributed by atoms with Gasteiger partial charge in [-0.2, -0.15) is 0 Å². The number of likely N-dealkylation sites (N-methyl/N-ethyl adjacent to an activating group) is 1. The first-order chi connectivity index (χ1) is 20.2. The molecule has 1 N–H and O–H groups in total. The highest BCUT2D eigenvalue weighted by molar-refractivity contribution is 6.08. The molecule has 0 radical (unpaired) electrons. The third-order valence-corrected chi connectivity index (χ3v) is 6.76. The fourth-order valence-corrected chi connectivity index (χ4v) is 4.61. The van der Waals surface area contributed by atoms with Crippen LogP contribution in [0.25, 0.3) is 17.2 Å². The quantitative estimate of drug-likeness (QED) is 0.285. The number of hydrogen-bond donors (Lipinski definition) is 1. The molecule has 222 valence electrons. The molecule has 0 atom stereocenters. The van der Waals surface area contributed by atoms with Crippen LogP contribution in [0.4, 0.5) is 4.39 Å². The number of amides is 1. The molecule has 1 amide bonds. The summed E-state index contributed by atoms with van der Waals surface area (Å²) in [5.74, 6) is 0.524. The number of esters is 1. The fourth-order valence-electron chi connectivity index (χ4n) is 4.61. The summed E-state index contributed by atoms with van der Waals surface area (Å²) < 4.78 is 41.7. The summed E-state index contributed by atoms with van der Waals surface area (Å²) in [4.78, 5) is 26.9. The number of rotatable bonds is 13. The lowest BCUT2D eigenvalue weighted by Crippen LogP contribution is -2.22. The van der Waals surface area contributed by atoms with Crippen molar-refractivity contribution in [3.05, 3.63) is 82.6 Å². The van der Waals surface area contributed by atoms with Crippen molar-refractivity contribution in [1.82, 2.24) is 10.2 Å². The summed E-state index contributed by atoms with van der Waals surface area (Å²) in [6, 6.07) is 11.6. The van der Waals surface area contributed by atoms with E-state index in [9.17, 15) is 14.0 Å². The number of hydrogen-bond acceptors (Lipinski definition) is 8. The van der Waals surface area contributed by atoms with Crippen LogP contribution in [0.3, 0.4) is 0 Å². The Kier molecular flexibility index (Phi) is 10.0. The summed E-state index contributed by atoms with van der Waals surface area (Å²) in [6.07, 6.45) is 3.54. The lowest BCUT2D eigenvalue weighted by atomic mass is 10.00. The van der Waals surface area contributed by atoms with Crippen molar-refractivity contribution in [2.75, 3.05) is 48.1 Å². The first kappa shape index (κ1) is 30.4. The van der Waals surface area contributed by atoms with Gasteiger partial charge in [-0.1, -0.05) is 6.07 Å². The molecule has 1 aliphatic carbocycles. The highest BCUT2D eigenvalue weighted by Crippen LogP contribution is 2.45. The standard InChI is InChI=1S/C32H35FN2O7/c1-20-25(24-9-8-22(33)16-27(24)26(20)17-30(36)34-18-23-7-6-11-40-23)13-21-14-28(38-4)32(29(15-21)39-5)42-19-31(37)41-12-10-35(2)3/h6-9,11,13-16H,10,12,17-19H2,1-5H3,(H,34,36). The largest absolute Gasteiger partial charge is 0.493 e. The monoisotopic (exact) mass is 578 g/mol. The molecule has 9 nitrogen and oxygen atoms in total. The Labute approximate surface area is 244 Å². The van der Waals surface area contributed by atoms with E-state index >= 15 is 0 Å². The second-order valence-corrected chi connectivity index (χ2v) is 9.95. The zero-order chi connectivity index (χ0) is 30.2. The maximum absolute atomic E-state index is 14.3. The Balaban J connectivity index is 1.59. The molecule has 3 aromatic rings. The first-order valence-corrected chi connectivity index (χ1v) is 13.4. The molecular weight excluding hydrogens is 543 g/mol. The number of carbonyl (C=O) groups excluding carboxylic acids is 2. The number of ether oxygens (including phenoxy) is 4. The van der Waals surface area contributed by atoms with Crippen molar-refractivity contribution < 1.29 is 37.3 Å². The summed E-state index contributed by atoms with van der Waals surface area (Å²) in [5, 5.41) is 2.85. The number of allylic oxidation sites excluding steroid dienone is 2. The number of nitrogens with one attached hydrogen (secondary N) is 1. The SMILES string of the molecule is COc1cc(C=C2C(C)=C(CC(=O)NCc3ccco3)c3cc(F)ccc32)cc(OC)c1OCC(=O)OCCN(C)C. The van der Waals surface area contributed by atoms with Gasteiger partial charge in [-0.15, -0.1) is 0 Å². The average molecular weight is 579 g/mol. The normalized spacial score (nSPS) is 13.4. The number of carbonyl (C=O) groups is 2. The van der Waals surface area contributed by atoms with Crippen LogP contribution in [0, 0.1) is 5.82 Å². The van der Waals surface area contributed by atoms with E-state index in [1.54, 1.807) is 36.6 Å². The van der Waals surface area contributed by atoms with Crippen LogP contribution in [0.2, 0.25) is 0 Å². The molecule has 0 fully saturated rings. The predicted molar refractivity (Wildman–Crippen MR) is 157 cm³/mol. The van der Waals surface area contributed by atoms with E-state index in [0.29, 0.717) is 29.4 Å². The molecule has 0 unspecified atom stereocenters. The van der Waals surface area contributed by atoms with Gasteiger partial charge in [-0.3, -0.25) is 4.79 Å². The lowest BCUT2D eigenvalue weighted by molar-refractivity contribution is -0.146. The second-order valence-electron chi connectivity index (χ2n) is 9.95. The van der Waals surface area contributed by atoms with E-state index in [-0.39, 0.29) is 43.7 Å². The second kappa shape index (κ2) is 13.9. The minimum absolute atomic E-state index is 0.0738. The van der Waals surface area contributed by atoms with E-state index in [1.165, 1.54) is 26.4 Å². The van der Waals surface area contributed by atoms with Crippen molar-refractivity contribution in [2.45, 2.75) is 19.9 Å². The van der Waals surface area contributed by atoms with E-state index in [1.807, 2.05) is 32.0 Å². The third-order valence-electron chi connectivity index (χ3n) is 6.76. The van der Waals surface area contributed by atoms with Gasteiger partial charge in [0.05, 0.1) is 33.4 Å². The topological polar surface area (TPSA) is 99.5 Å². The molecular formula is C32H35FN2O7. The molecule has 1 aromatic heterocycles. The molecule has 0 bridgehead atoms. The highest BCUT2D eigenvalue weighted by atomic mass is 19.1. The number of halogens is 1. The highest BCUT2D eigenvalue weighted by Gasteiger charge is 2.26. The molecule has 0 saturated carbocycles. The number of fused-ring (bicyclic) bond motifs is 1. The zero-order valence-corrected chi connectivity index (χ0v) is 24.4. The van der Waals surface area contributed by atoms with Crippen LogP contribution in [0.15, 0.2) is 58.7 Å². The van der Waals surface area contributed by atoms with Crippen molar-refractivity contribution in [2.24, 2.45) is 0 Å². The van der Waals surface area contributed by atoms with Crippen molar-refractivity contribution in [3.8, 4) is 17.2 Å². The van der Waals surface area contributed by atoms with Gasteiger partial charge in [0, 0.05) is 6.54 Å². The number of furan rings is 1. The van der Waals surface area contributed by atoms with Crippen molar-refractivity contribution in [1.29, 1.82) is 0 Å². The van der Waals surface area contributed by atoms with Gasteiger partial charge in [-0.05, 0) is 96.9 Å². The Bertz CT molecular complexity index is 1470. The van der Waals surface area contributed by atoms with E-state index in [0.717, 1.165) is 27.8 Å². The summed E-state index contributed by atoms with van der Waals surface area (Å²) in [5.41, 5.74) is 4.61. The summed E-state index contributed by atoms with van der Waals surface area (Å²) in [7, 11) is 6.76. The Morgan fingerprint density at radius 3 is 2.43 bits per heavy atom. The molecule has 10 heteroatoms. The van der Waals surface area contributed by atoms with Gasteiger partial charge in [0.2, 0.25) is 11.7 Å². The van der Waals surface area contributed by atoms with Crippen LogP contribution >= 0.6 is 0 Å². The maximum atomic E-state index is 14.3. The van der Waals surface area contributed by atoms with Gasteiger partial charge < -0.3 is 33.6 Å². The smallest absolute Gasteiger partial charge is 0.344 e. The number of nitrogens with zero attached hydrogens (tertiary/aromatic N) is 1. The van der Waals surface area contributed by atoms with Crippen LogP contribution in [-0.4, -0.2) is 64.8 Å². The van der Waals surface area contributed by atoms with E-state index in [2.05, 4.69) is 5.32 Å². The molecule has 0 saturated heterocycles. The van der Waals surface area contributed by atoms with Crippen LogP contribution in [-0.2, 0) is 20.9 Å². The minimum Gasteiger partial charge on any atom is -0.493 e. The Morgan fingerprint density at radius 1 is 1.05 bits per heavy atom. The fraction of sp³-hybridized carbons (Fsp3) is 0.312. The van der Waals surface area contributed by atoms with Crippen LogP contribution < -0.4 is 19.5 Å². The summed E-state index contributed by atoms with van der Waals surface area (Å²) >= 11 is 0. The first-order valence-electron chi connectivity index (χ1n) is 13.4. The minimum atomic E-state index is -0.511. The van der Waals surface area contributed by atoms with Gasteiger partial charge in [0.25, 0.3) is 0 Å². The molecule has 42 heavy (non-hydrogen) atoms. The maximum Gasteiger partial charge on any atom is 0.344 e.